The van der Waals surface area contributed by atoms with Crippen molar-refractivity contribution in [3.8, 4) is 0 Å². The molecule has 1 aromatic rings. The monoisotopic (exact) mass is 274 g/mol. The van der Waals surface area contributed by atoms with E-state index in [1.165, 1.54) is 57.8 Å². The van der Waals surface area contributed by atoms with Gasteiger partial charge in [0.05, 0.1) is 0 Å². The summed E-state index contributed by atoms with van der Waals surface area (Å²) in [4.78, 5) is 13.6. The summed E-state index contributed by atoms with van der Waals surface area (Å²) in [7, 11) is 0. The van der Waals surface area contributed by atoms with Gasteiger partial charge in [0, 0.05) is 11.8 Å². The molecule has 1 aromatic heterocycles. The van der Waals surface area contributed by atoms with Gasteiger partial charge >= 0.3 is 0 Å². The summed E-state index contributed by atoms with van der Waals surface area (Å²) < 4.78 is 0. The maximum atomic E-state index is 5.92. The van der Waals surface area contributed by atoms with Crippen LogP contribution in [0, 0.1) is 5.92 Å². The van der Waals surface area contributed by atoms with E-state index in [-0.39, 0.29) is 0 Å². The zero-order valence-corrected chi connectivity index (χ0v) is 12.5. The normalized spacial score (nSPS) is 27.9. The predicted octanol–water partition coefficient (Wildman–Crippen LogP) is 3.80. The van der Waals surface area contributed by atoms with Crippen molar-refractivity contribution < 1.29 is 0 Å². The molecule has 2 aliphatic rings. The van der Waals surface area contributed by atoms with E-state index in [0.29, 0.717) is 17.8 Å². The van der Waals surface area contributed by atoms with Gasteiger partial charge in [-0.25, -0.2) is 4.98 Å². The smallest absolute Gasteiger partial charge is 0.223 e. The minimum Gasteiger partial charge on any atom is -0.368 e. The molecule has 0 atom stereocenters. The first-order valence-corrected chi connectivity index (χ1v) is 8.27. The third-order valence-corrected chi connectivity index (χ3v) is 5.20. The van der Waals surface area contributed by atoms with E-state index in [4.69, 9.17) is 10.7 Å². The Labute approximate surface area is 121 Å². The highest BCUT2D eigenvalue weighted by atomic mass is 15.1. The first-order valence-electron chi connectivity index (χ1n) is 8.27. The highest BCUT2D eigenvalue weighted by Crippen LogP contribution is 2.37. The van der Waals surface area contributed by atoms with Gasteiger partial charge in [0.1, 0.15) is 11.6 Å². The van der Waals surface area contributed by atoms with E-state index in [1.807, 2.05) is 0 Å². The first-order chi connectivity index (χ1) is 9.76. The van der Waals surface area contributed by atoms with Crippen molar-refractivity contribution in [2.45, 2.75) is 76.5 Å². The van der Waals surface area contributed by atoms with Crippen LogP contribution in [0.5, 0.6) is 0 Å². The third kappa shape index (κ3) is 2.94. The molecule has 0 bridgehead atoms. The van der Waals surface area contributed by atoms with Crippen LogP contribution in [-0.2, 0) is 0 Å². The van der Waals surface area contributed by atoms with Gasteiger partial charge in [0.15, 0.2) is 0 Å². The average molecular weight is 274 g/mol. The molecule has 110 valence electrons. The summed E-state index contributed by atoms with van der Waals surface area (Å²) in [6, 6.07) is 0. The second-order valence-electron chi connectivity index (χ2n) is 6.52. The van der Waals surface area contributed by atoms with E-state index in [0.717, 1.165) is 17.6 Å². The molecule has 0 radical (unpaired) electrons. The van der Waals surface area contributed by atoms with Crippen LogP contribution < -0.4 is 5.73 Å². The molecule has 0 spiro atoms. The topological polar surface area (TPSA) is 64.7 Å². The number of anilines is 1. The molecule has 0 aromatic carbocycles. The number of nitrogens with zero attached hydrogens (tertiary/aromatic N) is 3. The Morgan fingerprint density at radius 1 is 0.850 bits per heavy atom. The highest BCUT2D eigenvalue weighted by Gasteiger charge is 2.26. The van der Waals surface area contributed by atoms with Gasteiger partial charge in [-0.15, -0.1) is 0 Å². The fraction of sp³-hybridized carbons (Fsp3) is 0.812. The minimum atomic E-state index is 0.425. The molecular weight excluding hydrogens is 248 g/mol. The lowest BCUT2D eigenvalue weighted by atomic mass is 9.80. The van der Waals surface area contributed by atoms with Gasteiger partial charge in [-0.05, 0) is 44.4 Å². The van der Waals surface area contributed by atoms with Crippen molar-refractivity contribution in [1.29, 1.82) is 0 Å². The van der Waals surface area contributed by atoms with Gasteiger partial charge in [-0.2, -0.15) is 9.97 Å². The molecule has 2 saturated carbocycles. The Morgan fingerprint density at radius 2 is 1.40 bits per heavy atom. The van der Waals surface area contributed by atoms with Crippen LogP contribution in [0.2, 0.25) is 0 Å². The Bertz CT molecular complexity index is 446. The molecule has 0 amide bonds. The van der Waals surface area contributed by atoms with Gasteiger partial charge in [0.2, 0.25) is 5.95 Å². The van der Waals surface area contributed by atoms with Crippen LogP contribution in [0.1, 0.15) is 88.2 Å². The number of rotatable bonds is 3. The lowest BCUT2D eigenvalue weighted by Crippen LogP contribution is -2.17. The number of aromatic nitrogens is 3. The van der Waals surface area contributed by atoms with Crippen molar-refractivity contribution in [2.24, 2.45) is 5.92 Å². The van der Waals surface area contributed by atoms with E-state index in [2.05, 4.69) is 16.9 Å². The fourth-order valence-corrected chi connectivity index (χ4v) is 3.81. The van der Waals surface area contributed by atoms with E-state index < -0.39 is 0 Å². The number of hydrogen-bond donors (Lipinski definition) is 1. The summed E-state index contributed by atoms with van der Waals surface area (Å²) in [6.45, 7) is 2.30. The number of nitrogens with two attached hydrogens (primary N) is 1. The Balaban J connectivity index is 1.76. The lowest BCUT2D eigenvalue weighted by molar-refractivity contribution is 0.311. The second kappa shape index (κ2) is 6.06. The van der Waals surface area contributed by atoms with Gasteiger partial charge in [0.25, 0.3) is 0 Å². The van der Waals surface area contributed by atoms with E-state index in [9.17, 15) is 0 Å². The van der Waals surface area contributed by atoms with E-state index in [1.54, 1.807) is 0 Å². The molecule has 20 heavy (non-hydrogen) atoms. The highest BCUT2D eigenvalue weighted by molar-refractivity contribution is 5.19. The van der Waals surface area contributed by atoms with Crippen molar-refractivity contribution in [3.63, 3.8) is 0 Å². The minimum absolute atomic E-state index is 0.425. The van der Waals surface area contributed by atoms with Crippen molar-refractivity contribution in [2.75, 3.05) is 5.73 Å². The molecule has 0 saturated heterocycles. The Kier molecular flexibility index (Phi) is 4.18. The lowest BCUT2D eigenvalue weighted by Gasteiger charge is -2.27. The summed E-state index contributed by atoms with van der Waals surface area (Å²) in [6.07, 6.45) is 11.4. The summed E-state index contributed by atoms with van der Waals surface area (Å²) in [5.41, 5.74) is 5.92. The third-order valence-electron chi connectivity index (χ3n) is 5.20. The molecule has 2 fully saturated rings. The number of nitrogen functional groups attached to an aromatic ring is 1. The quantitative estimate of drug-likeness (QED) is 0.910. The van der Waals surface area contributed by atoms with Crippen molar-refractivity contribution in [3.05, 3.63) is 11.6 Å². The Hall–Kier alpha value is -1.19. The zero-order valence-electron chi connectivity index (χ0n) is 12.5. The SMILES string of the molecule is CCC1CCC(c2nc(N)nc(C3CCCC3)n2)CC1. The van der Waals surface area contributed by atoms with Crippen LogP contribution in [-0.4, -0.2) is 15.0 Å². The largest absolute Gasteiger partial charge is 0.368 e. The van der Waals surface area contributed by atoms with E-state index >= 15 is 0 Å². The standard InChI is InChI=1S/C16H26N4/c1-2-11-7-9-13(10-8-11)15-18-14(19-16(17)20-15)12-5-3-4-6-12/h11-13H,2-10H2,1H3,(H2,17,18,19,20). The summed E-state index contributed by atoms with van der Waals surface area (Å²) in [5.74, 6) is 4.28. The fourth-order valence-electron chi connectivity index (χ4n) is 3.81. The molecule has 4 nitrogen and oxygen atoms in total. The molecule has 4 heteroatoms. The molecule has 0 unspecified atom stereocenters. The van der Waals surface area contributed by atoms with Crippen molar-refractivity contribution >= 4 is 5.95 Å². The first kappa shape index (κ1) is 13.8. The summed E-state index contributed by atoms with van der Waals surface area (Å²) in [5, 5.41) is 0. The molecule has 2 aliphatic carbocycles. The molecule has 3 rings (SSSR count). The molecule has 1 heterocycles. The van der Waals surface area contributed by atoms with Crippen LogP contribution in [0.25, 0.3) is 0 Å². The summed E-state index contributed by atoms with van der Waals surface area (Å²) >= 11 is 0. The molecule has 2 N–H and O–H groups in total. The molecule has 0 aliphatic heterocycles. The van der Waals surface area contributed by atoms with Crippen LogP contribution in [0.3, 0.4) is 0 Å². The van der Waals surface area contributed by atoms with Gasteiger partial charge in [-0.1, -0.05) is 26.2 Å². The van der Waals surface area contributed by atoms with Crippen LogP contribution in [0.15, 0.2) is 0 Å². The zero-order chi connectivity index (χ0) is 13.9. The average Bonchev–Trinajstić information content (AvgIpc) is 3.01. The van der Waals surface area contributed by atoms with Crippen LogP contribution >= 0.6 is 0 Å². The molecular formula is C16H26N4. The van der Waals surface area contributed by atoms with Crippen molar-refractivity contribution in [1.82, 2.24) is 15.0 Å². The van der Waals surface area contributed by atoms with Gasteiger partial charge in [-0.3, -0.25) is 0 Å². The second-order valence-corrected chi connectivity index (χ2v) is 6.52. The Morgan fingerprint density at radius 3 is 1.95 bits per heavy atom. The maximum absolute atomic E-state index is 5.92. The van der Waals surface area contributed by atoms with Crippen LogP contribution in [0.4, 0.5) is 5.95 Å². The maximum Gasteiger partial charge on any atom is 0.223 e. The number of hydrogen-bond acceptors (Lipinski definition) is 4. The van der Waals surface area contributed by atoms with Gasteiger partial charge < -0.3 is 5.73 Å². The predicted molar refractivity (Wildman–Crippen MR) is 80.4 cm³/mol.